The molecule has 1 aromatic heterocycles. The predicted molar refractivity (Wildman–Crippen MR) is 82.9 cm³/mol. The van der Waals surface area contributed by atoms with E-state index in [1.54, 1.807) is 14.2 Å². The van der Waals surface area contributed by atoms with Crippen LogP contribution < -0.4 is 14.8 Å². The number of aryl methyl sites for hydroxylation is 1. The molecule has 0 aliphatic heterocycles. The molecule has 1 N–H and O–H groups in total. The zero-order valence-electron chi connectivity index (χ0n) is 13.1. The third-order valence-electron chi connectivity index (χ3n) is 3.40. The number of ether oxygens (including phenoxy) is 2. The van der Waals surface area contributed by atoms with E-state index in [0.29, 0.717) is 0 Å². The molecule has 5 nitrogen and oxygen atoms in total. The van der Waals surface area contributed by atoms with Gasteiger partial charge in [0.15, 0.2) is 0 Å². The van der Waals surface area contributed by atoms with E-state index >= 15 is 0 Å². The van der Waals surface area contributed by atoms with Gasteiger partial charge in [0, 0.05) is 24.4 Å². The molecule has 1 heterocycles. The topological polar surface area (TPSA) is 48.3 Å². The van der Waals surface area contributed by atoms with Crippen LogP contribution >= 0.6 is 0 Å². The van der Waals surface area contributed by atoms with E-state index in [4.69, 9.17) is 9.47 Å². The molecule has 0 aliphatic rings. The molecular weight excluding hydrogens is 266 g/mol. The average Bonchev–Trinajstić information content (AvgIpc) is 2.93. The van der Waals surface area contributed by atoms with Crippen molar-refractivity contribution in [3.05, 3.63) is 41.7 Å². The maximum absolute atomic E-state index is 5.51. The largest absolute Gasteiger partial charge is 0.497 e. The van der Waals surface area contributed by atoms with Gasteiger partial charge in [-0.15, -0.1) is 0 Å². The molecule has 5 heteroatoms. The fourth-order valence-corrected chi connectivity index (χ4v) is 2.35. The lowest BCUT2D eigenvalue weighted by atomic mass is 10.00. The number of nitrogens with zero attached hydrogens (tertiary/aromatic N) is 2. The molecule has 1 aromatic carbocycles. The van der Waals surface area contributed by atoms with Crippen LogP contribution in [0, 0.1) is 0 Å². The maximum Gasteiger partial charge on any atom is 0.124 e. The molecule has 0 radical (unpaired) electrons. The smallest absolute Gasteiger partial charge is 0.124 e. The molecule has 0 saturated carbocycles. The molecule has 0 amide bonds. The summed E-state index contributed by atoms with van der Waals surface area (Å²) in [6, 6.07) is 5.89. The van der Waals surface area contributed by atoms with Crippen LogP contribution in [0.3, 0.4) is 0 Å². The van der Waals surface area contributed by atoms with E-state index in [9.17, 15) is 0 Å². The first-order chi connectivity index (χ1) is 10.2. The Hall–Kier alpha value is -2.01. The van der Waals surface area contributed by atoms with Gasteiger partial charge in [-0.25, -0.2) is 0 Å². The van der Waals surface area contributed by atoms with Gasteiger partial charge in [-0.2, -0.15) is 5.10 Å². The zero-order valence-corrected chi connectivity index (χ0v) is 13.1. The lowest BCUT2D eigenvalue weighted by Gasteiger charge is -2.21. The second-order valence-electron chi connectivity index (χ2n) is 4.94. The molecule has 114 valence electrons. The predicted octanol–water partition coefficient (Wildman–Crippen LogP) is 2.53. The molecule has 0 saturated heterocycles. The van der Waals surface area contributed by atoms with Crippen molar-refractivity contribution in [2.24, 2.45) is 7.05 Å². The van der Waals surface area contributed by atoms with E-state index in [1.807, 2.05) is 42.3 Å². The summed E-state index contributed by atoms with van der Waals surface area (Å²) in [6.07, 6.45) is 4.96. The quantitative estimate of drug-likeness (QED) is 0.851. The molecule has 21 heavy (non-hydrogen) atoms. The van der Waals surface area contributed by atoms with E-state index in [-0.39, 0.29) is 6.04 Å². The number of methoxy groups -OCH3 is 2. The highest BCUT2D eigenvalue weighted by atomic mass is 16.5. The first-order valence-corrected chi connectivity index (χ1v) is 7.13. The third kappa shape index (κ3) is 3.55. The van der Waals surface area contributed by atoms with Gasteiger partial charge in [0.1, 0.15) is 11.5 Å². The van der Waals surface area contributed by atoms with Crippen molar-refractivity contribution in [1.29, 1.82) is 0 Å². The molecule has 1 atom stereocenters. The second-order valence-corrected chi connectivity index (χ2v) is 4.94. The Morgan fingerprint density at radius 2 is 2.10 bits per heavy atom. The first-order valence-electron chi connectivity index (χ1n) is 7.13. The summed E-state index contributed by atoms with van der Waals surface area (Å²) in [5.41, 5.74) is 2.16. The van der Waals surface area contributed by atoms with Crippen LogP contribution in [0.25, 0.3) is 0 Å². The molecule has 1 unspecified atom stereocenters. The van der Waals surface area contributed by atoms with Crippen LogP contribution in [0.1, 0.15) is 30.5 Å². The summed E-state index contributed by atoms with van der Waals surface area (Å²) < 4.78 is 12.7. The van der Waals surface area contributed by atoms with E-state index in [0.717, 1.165) is 35.6 Å². The molecule has 0 fully saturated rings. The highest BCUT2D eigenvalue weighted by Gasteiger charge is 2.20. The van der Waals surface area contributed by atoms with Crippen LogP contribution in [0.5, 0.6) is 11.5 Å². The maximum atomic E-state index is 5.51. The Labute approximate surface area is 125 Å². The van der Waals surface area contributed by atoms with Crippen molar-refractivity contribution >= 4 is 0 Å². The van der Waals surface area contributed by atoms with E-state index in [1.165, 1.54) is 0 Å². The molecule has 0 spiro atoms. The summed E-state index contributed by atoms with van der Waals surface area (Å²) in [5, 5.41) is 7.83. The van der Waals surface area contributed by atoms with Crippen molar-refractivity contribution in [2.75, 3.05) is 20.8 Å². The van der Waals surface area contributed by atoms with Gasteiger partial charge in [0.2, 0.25) is 0 Å². The Bertz CT molecular complexity index is 581. The van der Waals surface area contributed by atoms with Crippen molar-refractivity contribution in [2.45, 2.75) is 19.4 Å². The number of benzene rings is 1. The lowest BCUT2D eigenvalue weighted by Crippen LogP contribution is -2.23. The minimum absolute atomic E-state index is 0.0312. The molecule has 0 bridgehead atoms. The second kappa shape index (κ2) is 7.13. The van der Waals surface area contributed by atoms with Gasteiger partial charge in [-0.1, -0.05) is 6.92 Å². The van der Waals surface area contributed by atoms with Crippen LogP contribution in [0.4, 0.5) is 0 Å². The fraction of sp³-hybridized carbons (Fsp3) is 0.438. The van der Waals surface area contributed by atoms with E-state index in [2.05, 4.69) is 17.3 Å². The van der Waals surface area contributed by atoms with Crippen molar-refractivity contribution in [1.82, 2.24) is 15.1 Å². The first kappa shape index (κ1) is 15.4. The molecule has 2 rings (SSSR count). The van der Waals surface area contributed by atoms with Gasteiger partial charge in [-0.05, 0) is 31.2 Å². The standard InChI is InChI=1S/C16H23N3O2/c1-5-8-17-16(12-10-18-19(2)11-12)14-9-13(20-3)6-7-15(14)21-4/h6-7,9-11,16-17H,5,8H2,1-4H3. The summed E-state index contributed by atoms with van der Waals surface area (Å²) in [4.78, 5) is 0. The number of aromatic nitrogens is 2. The fourth-order valence-electron chi connectivity index (χ4n) is 2.35. The average molecular weight is 289 g/mol. The molecule has 0 aliphatic carbocycles. The Morgan fingerprint density at radius 1 is 1.29 bits per heavy atom. The summed E-state index contributed by atoms with van der Waals surface area (Å²) in [5.74, 6) is 1.66. The summed E-state index contributed by atoms with van der Waals surface area (Å²) >= 11 is 0. The van der Waals surface area contributed by atoms with E-state index < -0.39 is 0 Å². The van der Waals surface area contributed by atoms with Gasteiger partial charge in [0.05, 0.1) is 26.5 Å². The van der Waals surface area contributed by atoms with Gasteiger partial charge >= 0.3 is 0 Å². The van der Waals surface area contributed by atoms with Crippen molar-refractivity contribution in [3.8, 4) is 11.5 Å². The SMILES string of the molecule is CCCNC(c1cnn(C)c1)c1cc(OC)ccc1OC. The highest BCUT2D eigenvalue weighted by Crippen LogP contribution is 2.33. The third-order valence-corrected chi connectivity index (χ3v) is 3.40. The summed E-state index contributed by atoms with van der Waals surface area (Å²) in [6.45, 7) is 3.07. The number of nitrogens with one attached hydrogen (secondary N) is 1. The normalized spacial score (nSPS) is 12.2. The van der Waals surface area contributed by atoms with Gasteiger partial charge in [0.25, 0.3) is 0 Å². The van der Waals surface area contributed by atoms with Crippen LogP contribution in [0.2, 0.25) is 0 Å². The van der Waals surface area contributed by atoms with Gasteiger partial charge in [-0.3, -0.25) is 4.68 Å². The van der Waals surface area contributed by atoms with Gasteiger partial charge < -0.3 is 14.8 Å². The zero-order chi connectivity index (χ0) is 15.2. The molecule has 2 aromatic rings. The van der Waals surface area contributed by atoms with Crippen molar-refractivity contribution in [3.63, 3.8) is 0 Å². The Balaban J connectivity index is 2.44. The number of rotatable bonds is 7. The monoisotopic (exact) mass is 289 g/mol. The Kier molecular flexibility index (Phi) is 5.22. The molecular formula is C16H23N3O2. The number of hydrogen-bond donors (Lipinski definition) is 1. The lowest BCUT2D eigenvalue weighted by molar-refractivity contribution is 0.393. The highest BCUT2D eigenvalue weighted by molar-refractivity contribution is 5.45. The van der Waals surface area contributed by atoms with Crippen LogP contribution in [0.15, 0.2) is 30.6 Å². The minimum Gasteiger partial charge on any atom is -0.497 e. The van der Waals surface area contributed by atoms with Crippen molar-refractivity contribution < 1.29 is 9.47 Å². The van der Waals surface area contributed by atoms with Crippen LogP contribution in [-0.4, -0.2) is 30.5 Å². The number of hydrogen-bond acceptors (Lipinski definition) is 4. The van der Waals surface area contributed by atoms with Crippen LogP contribution in [-0.2, 0) is 7.05 Å². The summed E-state index contributed by atoms with van der Waals surface area (Å²) in [7, 11) is 5.28. The Morgan fingerprint density at radius 3 is 2.67 bits per heavy atom. The minimum atomic E-state index is 0.0312.